The predicted molar refractivity (Wildman–Crippen MR) is 82.4 cm³/mol. The van der Waals surface area contributed by atoms with Crippen molar-refractivity contribution in [1.82, 2.24) is 4.90 Å². The maximum atomic E-state index is 12.3. The fourth-order valence-corrected chi connectivity index (χ4v) is 2.39. The number of carboxylic acid groups (broad SMARTS) is 1. The highest BCUT2D eigenvalue weighted by Crippen LogP contribution is 2.19. The SMILES string of the molecule is N#C/C(=C/Nc1cccc(O)c1)C(=O)N1CCC(C(=O)O)CC1. The number of hydrogen-bond donors (Lipinski definition) is 3. The van der Waals surface area contributed by atoms with Crippen molar-refractivity contribution in [2.24, 2.45) is 5.92 Å². The lowest BCUT2D eigenvalue weighted by Crippen LogP contribution is -2.40. The van der Waals surface area contributed by atoms with Crippen molar-refractivity contribution in [3.63, 3.8) is 0 Å². The van der Waals surface area contributed by atoms with Crippen molar-refractivity contribution < 1.29 is 19.8 Å². The molecule has 1 aliphatic rings. The van der Waals surface area contributed by atoms with Gasteiger partial charge in [-0.2, -0.15) is 5.26 Å². The summed E-state index contributed by atoms with van der Waals surface area (Å²) >= 11 is 0. The van der Waals surface area contributed by atoms with Gasteiger partial charge in [-0.05, 0) is 25.0 Å². The standard InChI is InChI=1S/C16H17N3O4/c17-9-12(10-18-13-2-1-3-14(20)8-13)15(21)19-6-4-11(5-7-19)16(22)23/h1-3,8,10-11,18,20H,4-7H2,(H,22,23)/b12-10-. The van der Waals surface area contributed by atoms with E-state index >= 15 is 0 Å². The second kappa shape index (κ2) is 7.31. The average Bonchev–Trinajstić information content (AvgIpc) is 2.55. The van der Waals surface area contributed by atoms with Crippen LogP contribution in [0.25, 0.3) is 0 Å². The molecule has 1 saturated heterocycles. The molecule has 23 heavy (non-hydrogen) atoms. The summed E-state index contributed by atoms with van der Waals surface area (Å²) < 4.78 is 0. The van der Waals surface area contributed by atoms with E-state index < -0.39 is 17.8 Å². The van der Waals surface area contributed by atoms with Crippen LogP contribution in [0.1, 0.15) is 12.8 Å². The molecule has 0 radical (unpaired) electrons. The summed E-state index contributed by atoms with van der Waals surface area (Å²) in [7, 11) is 0. The molecule has 1 heterocycles. The first kappa shape index (κ1) is 16.4. The fraction of sp³-hybridized carbons (Fsp3) is 0.312. The molecule has 7 heteroatoms. The fourth-order valence-electron chi connectivity index (χ4n) is 2.39. The molecule has 0 unspecified atom stereocenters. The van der Waals surface area contributed by atoms with Crippen LogP contribution < -0.4 is 5.32 Å². The highest BCUT2D eigenvalue weighted by molar-refractivity contribution is 5.97. The largest absolute Gasteiger partial charge is 0.508 e. The Kier molecular flexibility index (Phi) is 5.20. The number of aliphatic carboxylic acids is 1. The molecule has 1 aromatic rings. The van der Waals surface area contributed by atoms with E-state index in [4.69, 9.17) is 10.4 Å². The Morgan fingerprint density at radius 2 is 2.04 bits per heavy atom. The van der Waals surface area contributed by atoms with Gasteiger partial charge in [0.1, 0.15) is 17.4 Å². The number of carbonyl (C=O) groups excluding carboxylic acids is 1. The molecule has 120 valence electrons. The molecule has 1 amide bonds. The van der Waals surface area contributed by atoms with Gasteiger partial charge in [0.25, 0.3) is 5.91 Å². The molecule has 1 aliphatic heterocycles. The number of nitrogens with one attached hydrogen (secondary N) is 1. The van der Waals surface area contributed by atoms with Gasteiger partial charge in [0.2, 0.25) is 0 Å². The molecule has 7 nitrogen and oxygen atoms in total. The zero-order valence-corrected chi connectivity index (χ0v) is 12.4. The maximum Gasteiger partial charge on any atom is 0.306 e. The van der Waals surface area contributed by atoms with Crippen LogP contribution in [0.5, 0.6) is 5.75 Å². The number of anilines is 1. The Hall–Kier alpha value is -3.01. The minimum Gasteiger partial charge on any atom is -0.508 e. The smallest absolute Gasteiger partial charge is 0.306 e. The molecule has 0 spiro atoms. The zero-order valence-electron chi connectivity index (χ0n) is 12.4. The zero-order chi connectivity index (χ0) is 16.8. The lowest BCUT2D eigenvalue weighted by molar-refractivity contribution is -0.145. The minimum atomic E-state index is -0.848. The number of benzene rings is 1. The minimum absolute atomic E-state index is 0.0675. The van der Waals surface area contributed by atoms with Crippen molar-refractivity contribution in [1.29, 1.82) is 5.26 Å². The Labute approximate surface area is 133 Å². The lowest BCUT2D eigenvalue weighted by atomic mass is 9.97. The number of aromatic hydroxyl groups is 1. The van der Waals surface area contributed by atoms with E-state index in [-0.39, 0.29) is 11.3 Å². The molecular formula is C16H17N3O4. The highest BCUT2D eigenvalue weighted by Gasteiger charge is 2.28. The van der Waals surface area contributed by atoms with Gasteiger partial charge in [-0.3, -0.25) is 9.59 Å². The van der Waals surface area contributed by atoms with Crippen LogP contribution in [0.3, 0.4) is 0 Å². The Morgan fingerprint density at radius 3 is 2.61 bits per heavy atom. The Morgan fingerprint density at radius 1 is 1.35 bits per heavy atom. The normalized spacial score (nSPS) is 15.8. The highest BCUT2D eigenvalue weighted by atomic mass is 16.4. The molecule has 0 aromatic heterocycles. The van der Waals surface area contributed by atoms with Crippen LogP contribution in [0, 0.1) is 17.2 Å². The number of hydrogen-bond acceptors (Lipinski definition) is 5. The van der Waals surface area contributed by atoms with Gasteiger partial charge in [0.15, 0.2) is 0 Å². The second-order valence-corrected chi connectivity index (χ2v) is 5.27. The molecule has 0 saturated carbocycles. The first-order valence-corrected chi connectivity index (χ1v) is 7.19. The third-order valence-electron chi connectivity index (χ3n) is 3.71. The summed E-state index contributed by atoms with van der Waals surface area (Å²) in [5.41, 5.74) is 0.484. The molecule has 3 N–H and O–H groups in total. The summed E-state index contributed by atoms with van der Waals surface area (Å²) in [6, 6.07) is 8.15. The van der Waals surface area contributed by atoms with Crippen LogP contribution in [0.2, 0.25) is 0 Å². The van der Waals surface area contributed by atoms with E-state index in [1.807, 2.05) is 6.07 Å². The second-order valence-electron chi connectivity index (χ2n) is 5.27. The number of phenols is 1. The molecule has 1 fully saturated rings. The third kappa shape index (κ3) is 4.23. The summed E-state index contributed by atoms with van der Waals surface area (Å²) in [4.78, 5) is 24.7. The van der Waals surface area contributed by atoms with E-state index in [0.717, 1.165) is 0 Å². The van der Waals surface area contributed by atoms with Gasteiger partial charge in [-0.15, -0.1) is 0 Å². The van der Waals surface area contributed by atoms with Crippen molar-refractivity contribution in [2.75, 3.05) is 18.4 Å². The Bertz CT molecular complexity index is 670. The van der Waals surface area contributed by atoms with Crippen LogP contribution in [0.15, 0.2) is 36.0 Å². The predicted octanol–water partition coefficient (Wildman–Crippen LogP) is 1.53. The third-order valence-corrected chi connectivity index (χ3v) is 3.71. The van der Waals surface area contributed by atoms with E-state index in [1.54, 1.807) is 12.1 Å². The number of phenolic OH excluding ortho intramolecular Hbond substituents is 1. The van der Waals surface area contributed by atoms with Crippen LogP contribution >= 0.6 is 0 Å². The van der Waals surface area contributed by atoms with Gasteiger partial charge >= 0.3 is 5.97 Å². The monoisotopic (exact) mass is 315 g/mol. The van der Waals surface area contributed by atoms with Crippen molar-refractivity contribution >= 4 is 17.6 Å². The maximum absolute atomic E-state index is 12.3. The van der Waals surface area contributed by atoms with Crippen molar-refractivity contribution in [3.8, 4) is 11.8 Å². The summed E-state index contributed by atoms with van der Waals surface area (Å²) in [6.45, 7) is 0.641. The van der Waals surface area contributed by atoms with Gasteiger partial charge in [-0.1, -0.05) is 6.07 Å². The number of nitrogens with zero attached hydrogens (tertiary/aromatic N) is 2. The summed E-state index contributed by atoms with van der Waals surface area (Å²) in [5.74, 6) is -1.63. The van der Waals surface area contributed by atoms with Gasteiger partial charge in [-0.25, -0.2) is 0 Å². The molecule has 0 bridgehead atoms. The molecule has 1 aromatic carbocycles. The van der Waals surface area contributed by atoms with Crippen LogP contribution in [-0.2, 0) is 9.59 Å². The summed E-state index contributed by atoms with van der Waals surface area (Å²) in [6.07, 6.45) is 2.07. The van der Waals surface area contributed by atoms with Gasteiger partial charge in [0.05, 0.1) is 5.92 Å². The first-order valence-electron chi connectivity index (χ1n) is 7.19. The summed E-state index contributed by atoms with van der Waals surface area (Å²) in [5, 5.41) is 30.3. The topological polar surface area (TPSA) is 114 Å². The van der Waals surface area contributed by atoms with E-state index in [0.29, 0.717) is 31.6 Å². The number of piperidine rings is 1. The Balaban J connectivity index is 2.00. The lowest BCUT2D eigenvalue weighted by Gasteiger charge is -2.29. The number of nitriles is 1. The number of rotatable bonds is 4. The molecule has 2 rings (SSSR count). The van der Waals surface area contributed by atoms with Crippen LogP contribution in [0.4, 0.5) is 5.69 Å². The van der Waals surface area contributed by atoms with Gasteiger partial charge in [0, 0.05) is 31.0 Å². The van der Waals surface area contributed by atoms with Crippen molar-refractivity contribution in [2.45, 2.75) is 12.8 Å². The van der Waals surface area contributed by atoms with Crippen molar-refractivity contribution in [3.05, 3.63) is 36.0 Å². The van der Waals surface area contributed by atoms with Gasteiger partial charge < -0.3 is 20.4 Å². The van der Waals surface area contributed by atoms with E-state index in [9.17, 15) is 14.7 Å². The number of carboxylic acids is 1. The average molecular weight is 315 g/mol. The first-order chi connectivity index (χ1) is 11.0. The number of carbonyl (C=O) groups is 2. The molecular weight excluding hydrogens is 298 g/mol. The number of likely N-dealkylation sites (tertiary alicyclic amines) is 1. The number of amides is 1. The van der Waals surface area contributed by atoms with Crippen LogP contribution in [-0.4, -0.2) is 40.1 Å². The molecule has 0 aliphatic carbocycles. The van der Waals surface area contributed by atoms with E-state index in [1.165, 1.54) is 23.2 Å². The quantitative estimate of drug-likeness (QED) is 0.573. The van der Waals surface area contributed by atoms with E-state index in [2.05, 4.69) is 5.32 Å². The molecule has 0 atom stereocenters.